The van der Waals surface area contributed by atoms with Gasteiger partial charge in [0.15, 0.2) is 12.6 Å². The first-order valence-electron chi connectivity index (χ1n) is 5.51. The van der Waals surface area contributed by atoms with E-state index in [1.54, 1.807) is 0 Å². The number of nitrogen functional groups attached to an aromatic ring is 1. The summed E-state index contributed by atoms with van der Waals surface area (Å²) in [7, 11) is -4.23. The van der Waals surface area contributed by atoms with E-state index in [2.05, 4.69) is 4.98 Å². The largest absolute Gasteiger partial charge is 0.383 e. The lowest BCUT2D eigenvalue weighted by atomic mass is 10.3. The second-order valence-corrected chi connectivity index (χ2v) is 5.69. The van der Waals surface area contributed by atoms with Crippen molar-refractivity contribution in [3.63, 3.8) is 0 Å². The zero-order valence-electron chi connectivity index (χ0n) is 9.88. The first kappa shape index (κ1) is 14.2. The van der Waals surface area contributed by atoms with Crippen LogP contribution in [0, 0.1) is 0 Å². The molecule has 0 amide bonds. The summed E-state index contributed by atoms with van der Waals surface area (Å²) in [6.45, 7) is 0. The zero-order valence-corrected chi connectivity index (χ0v) is 10.8. The molecule has 0 bridgehead atoms. The van der Waals surface area contributed by atoms with Crippen molar-refractivity contribution in [3.8, 4) is 0 Å². The van der Waals surface area contributed by atoms with Crippen molar-refractivity contribution in [2.45, 2.75) is 25.4 Å². The van der Waals surface area contributed by atoms with Crippen LogP contribution in [0.4, 0.5) is 5.82 Å². The Bertz CT molecular complexity index is 555. The van der Waals surface area contributed by atoms with Crippen LogP contribution in [0.15, 0.2) is 17.1 Å². The monoisotopic (exact) mass is 291 g/mol. The number of ether oxygens (including phenoxy) is 2. The van der Waals surface area contributed by atoms with E-state index < -0.39 is 32.2 Å². The molecule has 2 atom stereocenters. The summed E-state index contributed by atoms with van der Waals surface area (Å²) in [5.41, 5.74) is 4.83. The van der Waals surface area contributed by atoms with E-state index >= 15 is 0 Å². The van der Waals surface area contributed by atoms with Crippen molar-refractivity contribution >= 4 is 13.4 Å². The van der Waals surface area contributed by atoms with Crippen molar-refractivity contribution < 1.29 is 23.8 Å². The van der Waals surface area contributed by atoms with E-state index in [1.165, 1.54) is 16.8 Å². The van der Waals surface area contributed by atoms with Gasteiger partial charge in [-0.15, -0.1) is 0 Å². The van der Waals surface area contributed by atoms with E-state index in [9.17, 15) is 9.36 Å². The molecule has 1 fully saturated rings. The maximum Gasteiger partial charge on any atom is 0.351 e. The summed E-state index contributed by atoms with van der Waals surface area (Å²) >= 11 is 0. The molecule has 1 aromatic heterocycles. The van der Waals surface area contributed by atoms with E-state index in [0.717, 1.165) is 0 Å². The Hall–Kier alpha value is -1.25. The second kappa shape index (κ2) is 5.40. The number of nitrogens with two attached hydrogens (primary N) is 1. The predicted octanol–water partition coefficient (Wildman–Crippen LogP) is -0.388. The standard InChI is InChI=1S/C9H14N3O6P/c10-6-3-4-12(9(13)11-6)7-1-2-8(18-7)17-5-19(14,15)16/h3-4,7-8H,1-2,5H2,(H2,10,11,13)(H2,14,15,16). The molecule has 0 saturated carbocycles. The number of anilines is 1. The van der Waals surface area contributed by atoms with Crippen molar-refractivity contribution in [2.75, 3.05) is 12.1 Å². The minimum Gasteiger partial charge on any atom is -0.383 e. The minimum atomic E-state index is -4.23. The molecule has 2 heterocycles. The summed E-state index contributed by atoms with van der Waals surface area (Å²) in [5, 5.41) is 0. The lowest BCUT2D eigenvalue weighted by Gasteiger charge is -2.16. The smallest absolute Gasteiger partial charge is 0.351 e. The van der Waals surface area contributed by atoms with Crippen LogP contribution in [0.25, 0.3) is 0 Å². The summed E-state index contributed by atoms with van der Waals surface area (Å²) in [5.74, 6) is 0.119. The van der Waals surface area contributed by atoms with Gasteiger partial charge in [-0.3, -0.25) is 9.13 Å². The van der Waals surface area contributed by atoms with Gasteiger partial charge in [0.25, 0.3) is 0 Å². The fraction of sp³-hybridized carbons (Fsp3) is 0.556. The number of nitrogens with zero attached hydrogens (tertiary/aromatic N) is 2. The molecule has 106 valence electrons. The molecular formula is C9H14N3O6P. The van der Waals surface area contributed by atoms with E-state index in [0.29, 0.717) is 12.8 Å². The first-order chi connectivity index (χ1) is 8.85. The van der Waals surface area contributed by atoms with Gasteiger partial charge in [0.05, 0.1) is 0 Å². The molecule has 2 unspecified atom stereocenters. The quantitative estimate of drug-likeness (QED) is 0.638. The molecule has 1 aliphatic rings. The third-order valence-electron chi connectivity index (χ3n) is 2.55. The highest BCUT2D eigenvalue weighted by molar-refractivity contribution is 7.51. The summed E-state index contributed by atoms with van der Waals surface area (Å²) in [6.07, 6.45) is 0.350. The molecule has 9 nitrogen and oxygen atoms in total. The Kier molecular flexibility index (Phi) is 4.02. The Balaban J connectivity index is 1.98. The summed E-state index contributed by atoms with van der Waals surface area (Å²) in [4.78, 5) is 32.5. The molecule has 0 aromatic carbocycles. The van der Waals surface area contributed by atoms with Gasteiger partial charge in [0.2, 0.25) is 0 Å². The molecular weight excluding hydrogens is 277 g/mol. The molecule has 1 aromatic rings. The Morgan fingerprint density at radius 3 is 2.95 bits per heavy atom. The normalized spacial score (nSPS) is 23.7. The highest BCUT2D eigenvalue weighted by Crippen LogP contribution is 2.36. The van der Waals surface area contributed by atoms with Crippen molar-refractivity contribution in [3.05, 3.63) is 22.7 Å². The molecule has 0 spiro atoms. The average Bonchev–Trinajstić information content (AvgIpc) is 2.74. The van der Waals surface area contributed by atoms with Gasteiger partial charge in [-0.25, -0.2) is 4.79 Å². The number of rotatable bonds is 4. The van der Waals surface area contributed by atoms with Crippen molar-refractivity contribution in [1.82, 2.24) is 9.55 Å². The molecule has 2 rings (SSSR count). The number of hydrogen-bond acceptors (Lipinski definition) is 6. The van der Waals surface area contributed by atoms with Gasteiger partial charge in [-0.2, -0.15) is 4.98 Å². The predicted molar refractivity (Wildman–Crippen MR) is 64.0 cm³/mol. The third kappa shape index (κ3) is 3.85. The average molecular weight is 291 g/mol. The molecule has 4 N–H and O–H groups in total. The SMILES string of the molecule is Nc1ccn(C2CCC(OCP(=O)(O)O)O2)c(=O)n1. The fourth-order valence-corrected chi connectivity index (χ4v) is 2.10. The lowest BCUT2D eigenvalue weighted by Crippen LogP contribution is -2.27. The molecule has 1 aliphatic heterocycles. The van der Waals surface area contributed by atoms with Crippen LogP contribution in [0.1, 0.15) is 19.1 Å². The molecule has 19 heavy (non-hydrogen) atoms. The van der Waals surface area contributed by atoms with Gasteiger partial charge in [0.1, 0.15) is 12.0 Å². The van der Waals surface area contributed by atoms with Crippen LogP contribution in [-0.2, 0) is 14.0 Å². The van der Waals surface area contributed by atoms with Gasteiger partial charge < -0.3 is 25.0 Å². The molecule has 10 heteroatoms. The zero-order chi connectivity index (χ0) is 14.0. The minimum absolute atomic E-state index is 0.119. The maximum atomic E-state index is 11.6. The third-order valence-corrected chi connectivity index (χ3v) is 3.03. The second-order valence-electron chi connectivity index (χ2n) is 4.10. The Labute approximate surface area is 108 Å². The number of hydrogen-bond donors (Lipinski definition) is 3. The van der Waals surface area contributed by atoms with E-state index in [4.69, 9.17) is 25.0 Å². The van der Waals surface area contributed by atoms with E-state index in [-0.39, 0.29) is 5.82 Å². The van der Waals surface area contributed by atoms with E-state index in [1.807, 2.05) is 0 Å². The molecule has 0 radical (unpaired) electrons. The summed E-state index contributed by atoms with van der Waals surface area (Å²) in [6, 6.07) is 1.47. The van der Waals surface area contributed by atoms with Crippen LogP contribution in [0.3, 0.4) is 0 Å². The lowest BCUT2D eigenvalue weighted by molar-refractivity contribution is -0.142. The van der Waals surface area contributed by atoms with Gasteiger partial charge in [-0.05, 0) is 12.5 Å². The van der Waals surface area contributed by atoms with Gasteiger partial charge in [-0.1, -0.05) is 0 Å². The van der Waals surface area contributed by atoms with Crippen LogP contribution >= 0.6 is 7.60 Å². The van der Waals surface area contributed by atoms with Crippen LogP contribution in [0.2, 0.25) is 0 Å². The van der Waals surface area contributed by atoms with Crippen LogP contribution in [0.5, 0.6) is 0 Å². The Morgan fingerprint density at radius 2 is 2.32 bits per heavy atom. The maximum absolute atomic E-state index is 11.6. The van der Waals surface area contributed by atoms with Gasteiger partial charge >= 0.3 is 13.3 Å². The summed E-state index contributed by atoms with van der Waals surface area (Å²) < 4.78 is 22.2. The number of aromatic nitrogens is 2. The van der Waals surface area contributed by atoms with Crippen molar-refractivity contribution in [1.29, 1.82) is 0 Å². The molecule has 0 aliphatic carbocycles. The van der Waals surface area contributed by atoms with Crippen LogP contribution in [-0.4, -0.2) is 32.0 Å². The van der Waals surface area contributed by atoms with Gasteiger partial charge in [0, 0.05) is 12.6 Å². The highest BCUT2D eigenvalue weighted by atomic mass is 31.2. The topological polar surface area (TPSA) is 137 Å². The fourth-order valence-electron chi connectivity index (χ4n) is 1.74. The highest BCUT2D eigenvalue weighted by Gasteiger charge is 2.29. The van der Waals surface area contributed by atoms with Crippen LogP contribution < -0.4 is 11.4 Å². The Morgan fingerprint density at radius 1 is 1.58 bits per heavy atom. The molecule has 1 saturated heterocycles. The first-order valence-corrected chi connectivity index (χ1v) is 7.31. The van der Waals surface area contributed by atoms with Crippen molar-refractivity contribution in [2.24, 2.45) is 0 Å².